The van der Waals surface area contributed by atoms with Crippen LogP contribution in [0.25, 0.3) is 33.1 Å². The van der Waals surface area contributed by atoms with Crippen molar-refractivity contribution in [2.75, 3.05) is 0 Å². The van der Waals surface area contributed by atoms with Gasteiger partial charge in [-0.1, -0.05) is 30.3 Å². The van der Waals surface area contributed by atoms with Gasteiger partial charge in [-0.05, 0) is 17.7 Å². The number of H-pyrrole nitrogens is 1. The molecule has 106 valence electrons. The first-order valence-electron chi connectivity index (χ1n) is 6.84. The minimum Gasteiger partial charge on any atom is -0.339 e. The number of aromatic nitrogens is 2. The molecule has 2 aromatic carbocycles. The van der Waals surface area contributed by atoms with E-state index in [9.17, 15) is 10.1 Å². The highest BCUT2D eigenvalue weighted by atomic mass is 16.6. The predicted octanol–water partition coefficient (Wildman–Crippen LogP) is 4.29. The second-order valence-electron chi connectivity index (χ2n) is 5.10. The fourth-order valence-corrected chi connectivity index (χ4v) is 2.68. The Kier molecular flexibility index (Phi) is 2.66. The van der Waals surface area contributed by atoms with E-state index in [1.165, 1.54) is 6.07 Å². The average Bonchev–Trinajstić information content (AvgIpc) is 2.92. The molecule has 22 heavy (non-hydrogen) atoms. The Hall–Kier alpha value is -3.21. The zero-order chi connectivity index (χ0) is 15.1. The van der Waals surface area contributed by atoms with Crippen LogP contribution in [-0.2, 0) is 0 Å². The molecule has 0 unspecified atom stereocenters. The molecular weight excluding hydrogens is 278 g/mol. The molecule has 0 fully saturated rings. The number of aromatic amines is 1. The van der Waals surface area contributed by atoms with E-state index >= 15 is 0 Å². The van der Waals surface area contributed by atoms with Crippen LogP contribution in [0, 0.1) is 10.1 Å². The SMILES string of the molecule is O=[N+]([O-])c1cccc(-c2cnc3[nH]c4ccccc4c3c2)c1. The third kappa shape index (κ3) is 1.91. The van der Waals surface area contributed by atoms with Crippen molar-refractivity contribution in [1.29, 1.82) is 0 Å². The molecule has 5 heteroatoms. The number of fused-ring (bicyclic) bond motifs is 3. The van der Waals surface area contributed by atoms with Gasteiger partial charge in [-0.25, -0.2) is 4.98 Å². The maximum Gasteiger partial charge on any atom is 0.270 e. The number of hydrogen-bond acceptors (Lipinski definition) is 3. The molecule has 2 aromatic heterocycles. The number of para-hydroxylation sites is 1. The van der Waals surface area contributed by atoms with Gasteiger partial charge in [0, 0.05) is 40.2 Å². The highest BCUT2D eigenvalue weighted by Gasteiger charge is 2.10. The smallest absolute Gasteiger partial charge is 0.270 e. The molecule has 0 saturated heterocycles. The normalized spacial score (nSPS) is 11.1. The highest BCUT2D eigenvalue weighted by molar-refractivity contribution is 6.06. The molecule has 0 aliphatic carbocycles. The number of pyridine rings is 1. The molecule has 0 amide bonds. The lowest BCUT2D eigenvalue weighted by Gasteiger charge is -2.01. The van der Waals surface area contributed by atoms with E-state index in [4.69, 9.17) is 0 Å². The summed E-state index contributed by atoms with van der Waals surface area (Å²) in [7, 11) is 0. The van der Waals surface area contributed by atoms with Crippen molar-refractivity contribution >= 4 is 27.6 Å². The van der Waals surface area contributed by atoms with Crippen LogP contribution < -0.4 is 0 Å². The predicted molar refractivity (Wildman–Crippen MR) is 85.7 cm³/mol. The minimum atomic E-state index is -0.388. The van der Waals surface area contributed by atoms with Gasteiger partial charge in [-0.15, -0.1) is 0 Å². The monoisotopic (exact) mass is 289 g/mol. The molecule has 0 radical (unpaired) electrons. The van der Waals surface area contributed by atoms with E-state index in [-0.39, 0.29) is 10.6 Å². The van der Waals surface area contributed by atoms with E-state index in [1.54, 1.807) is 18.3 Å². The van der Waals surface area contributed by atoms with Crippen LogP contribution in [0.15, 0.2) is 60.8 Å². The third-order valence-corrected chi connectivity index (χ3v) is 3.75. The Morgan fingerprint density at radius 1 is 0.955 bits per heavy atom. The number of hydrogen-bond donors (Lipinski definition) is 1. The second kappa shape index (κ2) is 4.66. The van der Waals surface area contributed by atoms with Crippen molar-refractivity contribution in [2.45, 2.75) is 0 Å². The van der Waals surface area contributed by atoms with Crippen LogP contribution in [0.1, 0.15) is 0 Å². The molecule has 0 atom stereocenters. The summed E-state index contributed by atoms with van der Waals surface area (Å²) in [6.07, 6.45) is 1.73. The Morgan fingerprint density at radius 2 is 1.82 bits per heavy atom. The number of non-ortho nitro benzene ring substituents is 1. The fraction of sp³-hybridized carbons (Fsp3) is 0. The summed E-state index contributed by atoms with van der Waals surface area (Å²) >= 11 is 0. The maximum atomic E-state index is 10.9. The van der Waals surface area contributed by atoms with Crippen molar-refractivity contribution in [3.8, 4) is 11.1 Å². The van der Waals surface area contributed by atoms with Crippen molar-refractivity contribution in [1.82, 2.24) is 9.97 Å². The molecule has 0 aliphatic rings. The van der Waals surface area contributed by atoms with Gasteiger partial charge in [0.2, 0.25) is 0 Å². The van der Waals surface area contributed by atoms with Gasteiger partial charge in [-0.3, -0.25) is 10.1 Å². The van der Waals surface area contributed by atoms with Crippen molar-refractivity contribution < 1.29 is 4.92 Å². The summed E-state index contributed by atoms with van der Waals surface area (Å²) < 4.78 is 0. The summed E-state index contributed by atoms with van der Waals surface area (Å²) in [6, 6.07) is 16.6. The van der Waals surface area contributed by atoms with Crippen LogP contribution in [-0.4, -0.2) is 14.9 Å². The lowest BCUT2D eigenvalue weighted by atomic mass is 10.1. The van der Waals surface area contributed by atoms with Gasteiger partial charge in [0.15, 0.2) is 0 Å². The lowest BCUT2D eigenvalue weighted by molar-refractivity contribution is -0.384. The third-order valence-electron chi connectivity index (χ3n) is 3.75. The van der Waals surface area contributed by atoms with Gasteiger partial charge >= 0.3 is 0 Å². The molecule has 4 rings (SSSR count). The first-order chi connectivity index (χ1) is 10.7. The molecule has 0 aliphatic heterocycles. The highest BCUT2D eigenvalue weighted by Crippen LogP contribution is 2.29. The molecule has 4 aromatic rings. The van der Waals surface area contributed by atoms with Gasteiger partial charge in [-0.2, -0.15) is 0 Å². The first-order valence-corrected chi connectivity index (χ1v) is 6.84. The zero-order valence-electron chi connectivity index (χ0n) is 11.5. The van der Waals surface area contributed by atoms with Crippen molar-refractivity contribution in [2.24, 2.45) is 0 Å². The van der Waals surface area contributed by atoms with Crippen LogP contribution in [0.4, 0.5) is 5.69 Å². The minimum absolute atomic E-state index is 0.0801. The first kappa shape index (κ1) is 12.5. The number of nitrogens with zero attached hydrogens (tertiary/aromatic N) is 2. The van der Waals surface area contributed by atoms with Crippen LogP contribution >= 0.6 is 0 Å². The van der Waals surface area contributed by atoms with Crippen LogP contribution in [0.5, 0.6) is 0 Å². The molecule has 0 saturated carbocycles. The Bertz CT molecular complexity index is 1020. The van der Waals surface area contributed by atoms with Crippen LogP contribution in [0.2, 0.25) is 0 Å². The molecule has 5 nitrogen and oxygen atoms in total. The van der Waals surface area contributed by atoms with Crippen molar-refractivity contribution in [3.05, 3.63) is 70.9 Å². The Morgan fingerprint density at radius 3 is 2.68 bits per heavy atom. The quantitative estimate of drug-likeness (QED) is 0.442. The molecule has 0 spiro atoms. The summed E-state index contributed by atoms with van der Waals surface area (Å²) in [4.78, 5) is 18.2. The average molecular weight is 289 g/mol. The lowest BCUT2D eigenvalue weighted by Crippen LogP contribution is -1.88. The number of rotatable bonds is 2. The number of nitro groups is 1. The number of benzene rings is 2. The molecular formula is C17H11N3O2. The van der Waals surface area contributed by atoms with Gasteiger partial charge < -0.3 is 4.98 Å². The molecule has 2 heterocycles. The van der Waals surface area contributed by atoms with E-state index in [0.717, 1.165) is 33.1 Å². The van der Waals surface area contributed by atoms with Crippen molar-refractivity contribution in [3.63, 3.8) is 0 Å². The van der Waals surface area contributed by atoms with E-state index in [2.05, 4.69) is 9.97 Å². The summed E-state index contributed by atoms with van der Waals surface area (Å²) in [6.45, 7) is 0. The largest absolute Gasteiger partial charge is 0.339 e. The van der Waals surface area contributed by atoms with Crippen LogP contribution in [0.3, 0.4) is 0 Å². The molecule has 0 bridgehead atoms. The topological polar surface area (TPSA) is 71.8 Å². The Balaban J connectivity index is 1.94. The number of nitrogens with one attached hydrogen (secondary N) is 1. The zero-order valence-corrected chi connectivity index (χ0v) is 11.5. The molecule has 1 N–H and O–H groups in total. The number of nitro benzene ring substituents is 1. The maximum absolute atomic E-state index is 10.9. The summed E-state index contributed by atoms with van der Waals surface area (Å²) in [5, 5.41) is 13.0. The van der Waals surface area contributed by atoms with Gasteiger partial charge in [0.25, 0.3) is 5.69 Å². The summed E-state index contributed by atoms with van der Waals surface area (Å²) in [5.41, 5.74) is 3.57. The Labute approximate surface area is 125 Å². The fourth-order valence-electron chi connectivity index (χ4n) is 2.68. The second-order valence-corrected chi connectivity index (χ2v) is 5.10. The standard InChI is InChI=1S/C17H11N3O2/c21-20(22)13-5-3-4-11(8-13)12-9-15-14-6-1-2-7-16(14)19-17(15)18-10-12/h1-10H,(H,18,19). The van der Waals surface area contributed by atoms with E-state index < -0.39 is 0 Å². The van der Waals surface area contributed by atoms with E-state index in [1.807, 2.05) is 36.4 Å². The van der Waals surface area contributed by atoms with Gasteiger partial charge in [0.05, 0.1) is 4.92 Å². The van der Waals surface area contributed by atoms with Gasteiger partial charge in [0.1, 0.15) is 5.65 Å². The van der Waals surface area contributed by atoms with E-state index in [0.29, 0.717) is 0 Å². The summed E-state index contributed by atoms with van der Waals surface area (Å²) in [5.74, 6) is 0.